The molecule has 1 aromatic carbocycles. The molecule has 1 rings (SSSR count). The maximum atomic E-state index is 12.3. The lowest BCUT2D eigenvalue weighted by atomic mass is 10.0. The Kier molecular flexibility index (Phi) is 13.8. The molecule has 0 radical (unpaired) electrons. The quantitative estimate of drug-likeness (QED) is 0.221. The summed E-state index contributed by atoms with van der Waals surface area (Å²) in [7, 11) is -2.00. The standard InChI is InChI=1S/C23H42N2O3S/c1-3-4-5-6-7-8-9-10-11-12-13-14-15-16-19-25-29(26,27)21-17-18-23(28-2)22(24)20-21/h17-18,20,25H,3-16,19,24H2,1-2H3. The number of nitrogens with two attached hydrogens (primary N) is 1. The van der Waals surface area contributed by atoms with Crippen molar-refractivity contribution in [3.05, 3.63) is 18.2 Å². The molecule has 0 aliphatic heterocycles. The van der Waals surface area contributed by atoms with E-state index in [9.17, 15) is 8.42 Å². The Balaban J connectivity index is 2.01. The van der Waals surface area contributed by atoms with Crippen LogP contribution in [-0.2, 0) is 10.0 Å². The topological polar surface area (TPSA) is 81.4 Å². The van der Waals surface area contributed by atoms with Crippen LogP contribution in [0.25, 0.3) is 0 Å². The number of ether oxygens (including phenoxy) is 1. The molecule has 0 atom stereocenters. The van der Waals surface area contributed by atoms with E-state index in [0.717, 1.165) is 12.8 Å². The van der Waals surface area contributed by atoms with Crippen molar-refractivity contribution in [2.45, 2.75) is 102 Å². The summed E-state index contributed by atoms with van der Waals surface area (Å²) in [6.07, 6.45) is 18.0. The monoisotopic (exact) mass is 426 g/mol. The number of sulfonamides is 1. The van der Waals surface area contributed by atoms with Crippen molar-refractivity contribution in [1.29, 1.82) is 0 Å². The highest BCUT2D eigenvalue weighted by Gasteiger charge is 2.14. The van der Waals surface area contributed by atoms with Crippen LogP contribution < -0.4 is 15.2 Å². The van der Waals surface area contributed by atoms with Crippen molar-refractivity contribution in [3.63, 3.8) is 0 Å². The predicted molar refractivity (Wildman–Crippen MR) is 123 cm³/mol. The van der Waals surface area contributed by atoms with Crippen molar-refractivity contribution >= 4 is 15.7 Å². The molecule has 0 fully saturated rings. The molecule has 0 aliphatic rings. The van der Waals surface area contributed by atoms with Gasteiger partial charge in [-0.1, -0.05) is 90.4 Å². The van der Waals surface area contributed by atoms with E-state index in [2.05, 4.69) is 11.6 Å². The van der Waals surface area contributed by atoms with Gasteiger partial charge < -0.3 is 10.5 Å². The van der Waals surface area contributed by atoms with Gasteiger partial charge in [-0.25, -0.2) is 13.1 Å². The van der Waals surface area contributed by atoms with Crippen LogP contribution >= 0.6 is 0 Å². The summed E-state index contributed by atoms with van der Waals surface area (Å²) in [5, 5.41) is 0. The van der Waals surface area contributed by atoms with Crippen LogP contribution in [0.1, 0.15) is 96.8 Å². The van der Waals surface area contributed by atoms with Crippen molar-refractivity contribution in [2.75, 3.05) is 19.4 Å². The molecular weight excluding hydrogens is 384 g/mol. The fourth-order valence-electron chi connectivity index (χ4n) is 3.49. The van der Waals surface area contributed by atoms with E-state index >= 15 is 0 Å². The molecule has 3 N–H and O–H groups in total. The third-order valence-corrected chi connectivity index (χ3v) is 6.79. The van der Waals surface area contributed by atoms with Crippen LogP contribution in [0.4, 0.5) is 5.69 Å². The summed E-state index contributed by atoms with van der Waals surface area (Å²) in [5.41, 5.74) is 6.12. The van der Waals surface area contributed by atoms with Crippen molar-refractivity contribution in [3.8, 4) is 5.75 Å². The maximum absolute atomic E-state index is 12.3. The Hall–Kier alpha value is -1.27. The fraction of sp³-hybridized carbons (Fsp3) is 0.739. The summed E-state index contributed by atoms with van der Waals surface area (Å²) in [5.74, 6) is 0.482. The van der Waals surface area contributed by atoms with Crippen LogP contribution in [0.3, 0.4) is 0 Å². The number of rotatable bonds is 18. The molecule has 0 aliphatic carbocycles. The second-order valence-corrected chi connectivity index (χ2v) is 9.66. The molecule has 0 bridgehead atoms. The van der Waals surface area contributed by atoms with E-state index in [1.165, 1.54) is 96.3 Å². The molecule has 6 heteroatoms. The third-order valence-electron chi connectivity index (χ3n) is 5.33. The van der Waals surface area contributed by atoms with Crippen LogP contribution in [0, 0.1) is 0 Å². The van der Waals surface area contributed by atoms with E-state index in [1.54, 1.807) is 6.07 Å². The molecule has 168 valence electrons. The third kappa shape index (κ3) is 11.5. The van der Waals surface area contributed by atoms with Gasteiger partial charge in [-0.05, 0) is 24.6 Å². The van der Waals surface area contributed by atoms with Gasteiger partial charge in [0, 0.05) is 6.54 Å². The van der Waals surface area contributed by atoms with Gasteiger partial charge in [0.2, 0.25) is 10.0 Å². The number of methoxy groups -OCH3 is 1. The van der Waals surface area contributed by atoms with Gasteiger partial charge in [-0.15, -0.1) is 0 Å². The molecule has 5 nitrogen and oxygen atoms in total. The molecule has 0 spiro atoms. The lowest BCUT2D eigenvalue weighted by Crippen LogP contribution is -2.24. The maximum Gasteiger partial charge on any atom is 0.240 e. The zero-order valence-electron chi connectivity index (χ0n) is 18.5. The lowest BCUT2D eigenvalue weighted by Gasteiger charge is -2.09. The number of nitrogens with one attached hydrogen (secondary N) is 1. The Labute approximate surface area is 178 Å². The fourth-order valence-corrected chi connectivity index (χ4v) is 4.60. The molecule has 0 saturated carbocycles. The van der Waals surface area contributed by atoms with E-state index in [0.29, 0.717) is 18.0 Å². The van der Waals surface area contributed by atoms with Crippen LogP contribution in [0.5, 0.6) is 5.75 Å². The zero-order valence-corrected chi connectivity index (χ0v) is 19.4. The summed E-state index contributed by atoms with van der Waals surface area (Å²) < 4.78 is 32.3. The largest absolute Gasteiger partial charge is 0.495 e. The van der Waals surface area contributed by atoms with Gasteiger partial charge in [0.1, 0.15) is 5.75 Å². The van der Waals surface area contributed by atoms with Gasteiger partial charge in [0.15, 0.2) is 0 Å². The smallest absolute Gasteiger partial charge is 0.240 e. The Bertz CT molecular complexity index is 648. The first-order valence-electron chi connectivity index (χ1n) is 11.4. The Morgan fingerprint density at radius 1 is 0.828 bits per heavy atom. The van der Waals surface area contributed by atoms with Crippen LogP contribution in [0.15, 0.2) is 23.1 Å². The predicted octanol–water partition coefficient (Wildman–Crippen LogP) is 6.04. The summed E-state index contributed by atoms with van der Waals surface area (Å²) in [6.45, 7) is 2.73. The Morgan fingerprint density at radius 2 is 1.31 bits per heavy atom. The highest BCUT2D eigenvalue weighted by Crippen LogP contribution is 2.24. The van der Waals surface area contributed by atoms with Crippen LogP contribution in [0.2, 0.25) is 0 Å². The summed E-state index contributed by atoms with van der Waals surface area (Å²) in [6, 6.07) is 4.53. The average molecular weight is 427 g/mol. The molecule has 29 heavy (non-hydrogen) atoms. The molecule has 0 aromatic heterocycles. The number of hydrogen-bond acceptors (Lipinski definition) is 4. The van der Waals surface area contributed by atoms with Crippen molar-refractivity contribution < 1.29 is 13.2 Å². The molecule has 1 aromatic rings. The minimum Gasteiger partial charge on any atom is -0.495 e. The summed E-state index contributed by atoms with van der Waals surface area (Å²) in [4.78, 5) is 0.182. The molecular formula is C23H42N2O3S. The van der Waals surface area contributed by atoms with E-state index in [1.807, 2.05) is 0 Å². The first-order valence-corrected chi connectivity index (χ1v) is 12.9. The van der Waals surface area contributed by atoms with E-state index in [4.69, 9.17) is 10.5 Å². The van der Waals surface area contributed by atoms with Crippen molar-refractivity contribution in [1.82, 2.24) is 4.72 Å². The lowest BCUT2D eigenvalue weighted by molar-refractivity contribution is 0.416. The number of benzene rings is 1. The minimum absolute atomic E-state index is 0.182. The van der Waals surface area contributed by atoms with E-state index in [-0.39, 0.29) is 4.90 Å². The SMILES string of the molecule is CCCCCCCCCCCCCCCCNS(=O)(=O)c1ccc(OC)c(N)c1. The minimum atomic E-state index is -3.51. The highest BCUT2D eigenvalue weighted by atomic mass is 32.2. The number of anilines is 1. The van der Waals surface area contributed by atoms with E-state index < -0.39 is 10.0 Å². The van der Waals surface area contributed by atoms with Gasteiger partial charge in [0.05, 0.1) is 17.7 Å². The first-order chi connectivity index (χ1) is 14.0. The van der Waals surface area contributed by atoms with Gasteiger partial charge in [-0.2, -0.15) is 0 Å². The highest BCUT2D eigenvalue weighted by molar-refractivity contribution is 7.89. The molecule has 0 heterocycles. The van der Waals surface area contributed by atoms with Gasteiger partial charge in [-0.3, -0.25) is 0 Å². The molecule has 0 amide bonds. The van der Waals surface area contributed by atoms with Gasteiger partial charge >= 0.3 is 0 Å². The van der Waals surface area contributed by atoms with Crippen molar-refractivity contribution in [2.24, 2.45) is 0 Å². The van der Waals surface area contributed by atoms with Crippen LogP contribution in [-0.4, -0.2) is 22.1 Å². The van der Waals surface area contributed by atoms with Gasteiger partial charge in [0.25, 0.3) is 0 Å². The summed E-state index contributed by atoms with van der Waals surface area (Å²) >= 11 is 0. The Morgan fingerprint density at radius 3 is 1.76 bits per heavy atom. The number of hydrogen-bond donors (Lipinski definition) is 2. The normalized spacial score (nSPS) is 11.7. The second-order valence-electron chi connectivity index (χ2n) is 7.90. The second kappa shape index (κ2) is 15.6. The average Bonchev–Trinajstić information content (AvgIpc) is 2.70. The zero-order chi connectivity index (χ0) is 21.4. The molecule has 0 saturated heterocycles. The number of nitrogen functional groups attached to an aromatic ring is 1. The first kappa shape index (κ1) is 25.8. The number of unbranched alkanes of at least 4 members (excludes halogenated alkanes) is 13. The molecule has 0 unspecified atom stereocenters.